The third-order valence-electron chi connectivity index (χ3n) is 12.0. The molecule has 2 aromatic rings. The molecule has 19 nitrogen and oxygen atoms in total. The Hall–Kier alpha value is -6.08. The lowest BCUT2D eigenvalue weighted by atomic mass is 9.96. The molecule has 1 unspecified atom stereocenters. The largest absolute Gasteiger partial charge is 0.508 e. The van der Waals surface area contributed by atoms with Gasteiger partial charge in [-0.1, -0.05) is 78.6 Å². The van der Waals surface area contributed by atoms with E-state index < -0.39 is 84.2 Å². The van der Waals surface area contributed by atoms with Crippen LogP contribution in [0, 0.1) is 17.8 Å². The molecule has 2 aromatic carbocycles. The molecule has 70 heavy (non-hydrogen) atoms. The Bertz CT molecular complexity index is 1980. The number of aromatic hydroxyl groups is 2. The van der Waals surface area contributed by atoms with Crippen molar-refractivity contribution < 1.29 is 48.6 Å². The van der Waals surface area contributed by atoms with Crippen LogP contribution in [0.15, 0.2) is 48.5 Å². The van der Waals surface area contributed by atoms with Crippen molar-refractivity contribution in [2.24, 2.45) is 29.2 Å². The van der Waals surface area contributed by atoms with Crippen LogP contribution in [0.4, 0.5) is 0 Å². The smallest absolute Gasteiger partial charge is 0.243 e. The Morgan fingerprint density at radius 2 is 0.957 bits per heavy atom. The molecule has 0 bridgehead atoms. The summed E-state index contributed by atoms with van der Waals surface area (Å²) in [4.78, 5) is 109. The molecule has 0 heterocycles. The quantitative estimate of drug-likeness (QED) is 0.0460. The average Bonchev–Trinajstić information content (AvgIpc) is 3.31. The summed E-state index contributed by atoms with van der Waals surface area (Å²) < 4.78 is 0. The summed E-state index contributed by atoms with van der Waals surface area (Å²) in [6, 6.07) is 6.01. The zero-order valence-electron chi connectivity index (χ0n) is 42.2. The first-order chi connectivity index (χ1) is 33.2. The van der Waals surface area contributed by atoms with E-state index in [1.54, 1.807) is 31.2 Å². The zero-order chi connectivity index (χ0) is 52.3. The minimum absolute atomic E-state index is 0.0254. The van der Waals surface area contributed by atoms with Crippen LogP contribution in [0.3, 0.4) is 0 Å². The molecule has 2 rings (SSSR count). The van der Waals surface area contributed by atoms with Crippen LogP contribution in [0.2, 0.25) is 0 Å². The third-order valence-corrected chi connectivity index (χ3v) is 12.0. The maximum absolute atomic E-state index is 14.4. The van der Waals surface area contributed by atoms with Crippen molar-refractivity contribution >= 4 is 47.1 Å². The van der Waals surface area contributed by atoms with Gasteiger partial charge in [-0.2, -0.15) is 0 Å². The van der Waals surface area contributed by atoms with Crippen LogP contribution >= 0.6 is 0 Å². The topological polar surface area (TPSA) is 313 Å². The van der Waals surface area contributed by atoms with Crippen molar-refractivity contribution in [1.82, 2.24) is 37.2 Å². The number of Topliss-reactive ketones (excluding diaryl/α,β-unsaturated/α-hetero) is 1. The lowest BCUT2D eigenvalue weighted by Gasteiger charge is -2.28. The maximum atomic E-state index is 14.4. The predicted molar refractivity (Wildman–Crippen MR) is 268 cm³/mol. The molecule has 0 fully saturated rings. The molecule has 19 heteroatoms. The average molecular weight is 980 g/mol. The number of benzene rings is 2. The first-order valence-electron chi connectivity index (χ1n) is 24.8. The lowest BCUT2D eigenvalue weighted by Crippen LogP contribution is -2.60. The third kappa shape index (κ3) is 22.1. The fourth-order valence-corrected chi connectivity index (χ4v) is 7.74. The van der Waals surface area contributed by atoms with E-state index in [-0.39, 0.29) is 60.7 Å². The number of phenols is 2. The number of phenolic OH excluding ortho intramolecular Hbond substituents is 2. The normalized spacial score (nSPS) is 14.6. The molecule has 0 aliphatic carbocycles. The van der Waals surface area contributed by atoms with E-state index in [1.165, 1.54) is 31.2 Å². The minimum Gasteiger partial charge on any atom is -0.508 e. The van der Waals surface area contributed by atoms with Gasteiger partial charge < -0.3 is 58.9 Å². The van der Waals surface area contributed by atoms with Gasteiger partial charge in [0.25, 0.3) is 0 Å². The molecular formula is C51H81N9O10. The van der Waals surface area contributed by atoms with E-state index in [4.69, 9.17) is 11.5 Å². The molecule has 0 aliphatic heterocycles. The van der Waals surface area contributed by atoms with Crippen LogP contribution in [-0.4, -0.2) is 113 Å². The highest BCUT2D eigenvalue weighted by atomic mass is 16.3. The Kier molecular flexibility index (Phi) is 27.4. The second kappa shape index (κ2) is 31.9. The lowest BCUT2D eigenvalue weighted by molar-refractivity contribution is -0.135. The SMILES string of the molecule is CCC[C@H](NC(=O)[C@H](C)Cc1ccc(O)cc1)C(=O)N[C@H](CC(C)C)C(=O)N[C@@H](CCCCN)C(=O)N[C@H](Cc1ccc(O)cc1)C(=O)N[C@@H](CCCCN)C(=O)NCC(=O)N[C@H](C(C)=O)C(C)CC. The highest BCUT2D eigenvalue weighted by molar-refractivity contribution is 5.97. The molecule has 0 aromatic heterocycles. The van der Waals surface area contributed by atoms with E-state index in [9.17, 15) is 48.6 Å². The van der Waals surface area contributed by atoms with Gasteiger partial charge in [-0.05, 0) is 125 Å². The van der Waals surface area contributed by atoms with Gasteiger partial charge in [-0.25, -0.2) is 0 Å². The summed E-state index contributed by atoms with van der Waals surface area (Å²) in [5, 5.41) is 38.8. The summed E-state index contributed by atoms with van der Waals surface area (Å²) >= 11 is 0. The predicted octanol–water partition coefficient (Wildman–Crippen LogP) is 2.28. The molecule has 390 valence electrons. The van der Waals surface area contributed by atoms with Crippen molar-refractivity contribution in [2.75, 3.05) is 19.6 Å². The summed E-state index contributed by atoms with van der Waals surface area (Å²) in [6.45, 7) is 12.6. The van der Waals surface area contributed by atoms with Crippen LogP contribution in [-0.2, 0) is 51.2 Å². The minimum atomic E-state index is -1.31. The standard InChI is InChI=1S/C51H81N9O10/c1-8-14-39(55-46(65)33(6)28-35-17-21-37(62)22-18-35)48(67)58-42(27-31(3)4)50(69)57-41(16-11-13-26-53)49(68)59-43(29-36-19-23-38(63)24-20-36)51(70)56-40(15-10-12-25-52)47(66)54-30-44(64)60-45(34(7)61)32(5)9-2/h17-24,31-33,39-43,45,62-63H,8-16,25-30,52-53H2,1-7H3,(H,54,66)(H,55,65)(H,56,70)(H,57,69)(H,58,67)(H,59,68)(H,60,64)/t32?,33-,39+,40+,41+,42-,43-,45+/m1/s1. The number of hydrogen-bond acceptors (Lipinski definition) is 12. The zero-order valence-corrected chi connectivity index (χ0v) is 42.2. The second-order valence-corrected chi connectivity index (χ2v) is 18.7. The van der Waals surface area contributed by atoms with E-state index >= 15 is 0 Å². The Morgan fingerprint density at radius 1 is 0.529 bits per heavy atom. The number of unbranched alkanes of at least 4 members (excludes halogenated alkanes) is 2. The van der Waals surface area contributed by atoms with Crippen molar-refractivity contribution in [2.45, 2.75) is 162 Å². The Labute approximate surface area is 413 Å². The highest BCUT2D eigenvalue weighted by Crippen LogP contribution is 2.16. The number of nitrogens with one attached hydrogen (secondary N) is 7. The second-order valence-electron chi connectivity index (χ2n) is 18.7. The number of carbonyl (C=O) groups is 8. The van der Waals surface area contributed by atoms with Gasteiger partial charge in [0.1, 0.15) is 41.7 Å². The summed E-state index contributed by atoms with van der Waals surface area (Å²) in [5.41, 5.74) is 12.9. The summed E-state index contributed by atoms with van der Waals surface area (Å²) in [6.07, 6.45) is 4.09. The first kappa shape index (κ1) is 60.0. The van der Waals surface area contributed by atoms with Gasteiger partial charge in [-0.3, -0.25) is 38.4 Å². The molecule has 0 radical (unpaired) electrons. The van der Waals surface area contributed by atoms with Crippen molar-refractivity contribution in [1.29, 1.82) is 0 Å². The molecule has 0 saturated carbocycles. The number of nitrogens with two attached hydrogens (primary N) is 2. The number of amides is 7. The number of rotatable bonds is 33. The molecule has 0 aliphatic rings. The van der Waals surface area contributed by atoms with Crippen LogP contribution in [0.25, 0.3) is 0 Å². The van der Waals surface area contributed by atoms with Crippen LogP contribution in [0.5, 0.6) is 11.5 Å². The molecule has 8 atom stereocenters. The highest BCUT2D eigenvalue weighted by Gasteiger charge is 2.33. The van der Waals surface area contributed by atoms with Gasteiger partial charge >= 0.3 is 0 Å². The number of carbonyl (C=O) groups excluding carboxylic acids is 8. The Morgan fingerprint density at radius 3 is 1.43 bits per heavy atom. The van der Waals surface area contributed by atoms with Gasteiger partial charge in [0.2, 0.25) is 41.4 Å². The first-order valence-corrected chi connectivity index (χ1v) is 24.8. The van der Waals surface area contributed by atoms with Crippen LogP contribution < -0.4 is 48.7 Å². The molecule has 0 spiro atoms. The molecular weight excluding hydrogens is 899 g/mol. The monoisotopic (exact) mass is 980 g/mol. The summed E-state index contributed by atoms with van der Waals surface area (Å²) in [5.74, 6) is -5.20. The number of ketones is 1. The fraction of sp³-hybridized carbons (Fsp3) is 0.608. The van der Waals surface area contributed by atoms with Gasteiger partial charge in [0.05, 0.1) is 12.6 Å². The van der Waals surface area contributed by atoms with Crippen molar-refractivity contribution in [3.05, 3.63) is 59.7 Å². The van der Waals surface area contributed by atoms with E-state index in [2.05, 4.69) is 37.2 Å². The van der Waals surface area contributed by atoms with Gasteiger partial charge in [0, 0.05) is 12.3 Å². The Balaban J connectivity index is 2.38. The van der Waals surface area contributed by atoms with E-state index in [0.717, 1.165) is 5.56 Å². The van der Waals surface area contributed by atoms with Crippen molar-refractivity contribution in [3.63, 3.8) is 0 Å². The molecule has 13 N–H and O–H groups in total. The fourth-order valence-electron chi connectivity index (χ4n) is 7.74. The molecule has 0 saturated heterocycles. The van der Waals surface area contributed by atoms with Crippen molar-refractivity contribution in [3.8, 4) is 11.5 Å². The van der Waals surface area contributed by atoms with Crippen LogP contribution in [0.1, 0.15) is 124 Å². The molecule has 7 amide bonds. The maximum Gasteiger partial charge on any atom is 0.243 e. The van der Waals surface area contributed by atoms with E-state index in [1.807, 2.05) is 34.6 Å². The van der Waals surface area contributed by atoms with E-state index in [0.29, 0.717) is 70.0 Å². The van der Waals surface area contributed by atoms with Gasteiger partial charge in [-0.15, -0.1) is 0 Å². The summed E-state index contributed by atoms with van der Waals surface area (Å²) in [7, 11) is 0. The number of hydrogen-bond donors (Lipinski definition) is 11. The van der Waals surface area contributed by atoms with Gasteiger partial charge in [0.15, 0.2) is 5.78 Å².